The highest BCUT2D eigenvalue weighted by atomic mass is 19.1. The lowest BCUT2D eigenvalue weighted by Gasteiger charge is -2.08. The van der Waals surface area contributed by atoms with Crippen LogP contribution in [0.1, 0.15) is 22.8 Å². The number of aromatic nitrogens is 1. The van der Waals surface area contributed by atoms with Crippen molar-refractivity contribution in [3.05, 3.63) is 59.7 Å². The average Bonchev–Trinajstić information content (AvgIpc) is 2.38. The first-order valence-electron chi connectivity index (χ1n) is 5.60. The molecule has 0 saturated heterocycles. The first-order chi connectivity index (χ1) is 8.66. The summed E-state index contributed by atoms with van der Waals surface area (Å²) in [6.45, 7) is 1.92. The molecular formula is C14H13FN2O. The van der Waals surface area contributed by atoms with E-state index in [2.05, 4.69) is 10.3 Å². The second-order valence-corrected chi connectivity index (χ2v) is 3.97. The Kier molecular flexibility index (Phi) is 3.67. The maximum atomic E-state index is 13.5. The number of benzene rings is 1. The molecule has 0 radical (unpaired) electrons. The van der Waals surface area contributed by atoms with Gasteiger partial charge in [-0.15, -0.1) is 0 Å². The summed E-state index contributed by atoms with van der Waals surface area (Å²) in [6, 6.07) is 8.01. The highest BCUT2D eigenvalue weighted by Gasteiger charge is 2.06. The van der Waals surface area contributed by atoms with E-state index >= 15 is 0 Å². The van der Waals surface area contributed by atoms with Gasteiger partial charge in [0.2, 0.25) is 0 Å². The summed E-state index contributed by atoms with van der Waals surface area (Å²) in [4.78, 5) is 15.2. The van der Waals surface area contributed by atoms with Crippen molar-refractivity contribution in [1.82, 2.24) is 4.98 Å². The lowest BCUT2D eigenvalue weighted by Crippen LogP contribution is -2.03. The largest absolute Gasteiger partial charge is 0.379 e. The number of Topliss-reactive ketones (excluding diaryl/α,β-unsaturated/α-hetero) is 1. The van der Waals surface area contributed by atoms with E-state index < -0.39 is 0 Å². The van der Waals surface area contributed by atoms with Crippen LogP contribution >= 0.6 is 0 Å². The van der Waals surface area contributed by atoms with E-state index in [0.29, 0.717) is 17.8 Å². The second kappa shape index (κ2) is 5.40. The number of hydrogen-bond acceptors (Lipinski definition) is 3. The van der Waals surface area contributed by atoms with Crippen LogP contribution in [0.4, 0.5) is 10.1 Å². The van der Waals surface area contributed by atoms with E-state index in [4.69, 9.17) is 0 Å². The monoisotopic (exact) mass is 244 g/mol. The number of rotatable bonds is 4. The molecule has 2 aromatic rings. The van der Waals surface area contributed by atoms with Crippen LogP contribution in [0.3, 0.4) is 0 Å². The van der Waals surface area contributed by atoms with Gasteiger partial charge in [-0.05, 0) is 36.8 Å². The summed E-state index contributed by atoms with van der Waals surface area (Å²) in [6.07, 6.45) is 3.39. The highest BCUT2D eigenvalue weighted by molar-refractivity contribution is 5.94. The van der Waals surface area contributed by atoms with Crippen molar-refractivity contribution in [1.29, 1.82) is 0 Å². The van der Waals surface area contributed by atoms with E-state index in [-0.39, 0.29) is 11.6 Å². The molecule has 0 spiro atoms. The van der Waals surface area contributed by atoms with Gasteiger partial charge in [-0.2, -0.15) is 0 Å². The zero-order chi connectivity index (χ0) is 13.0. The minimum absolute atomic E-state index is 0.0839. The molecule has 0 bridgehead atoms. The quantitative estimate of drug-likeness (QED) is 0.840. The maximum Gasteiger partial charge on any atom is 0.159 e. The van der Waals surface area contributed by atoms with Crippen LogP contribution in [-0.4, -0.2) is 10.8 Å². The van der Waals surface area contributed by atoms with Gasteiger partial charge in [0.25, 0.3) is 0 Å². The van der Waals surface area contributed by atoms with Gasteiger partial charge >= 0.3 is 0 Å². The smallest absolute Gasteiger partial charge is 0.159 e. The Morgan fingerprint density at radius 3 is 2.89 bits per heavy atom. The number of hydrogen-bond donors (Lipinski definition) is 1. The third-order valence-electron chi connectivity index (χ3n) is 2.58. The van der Waals surface area contributed by atoms with E-state index in [1.165, 1.54) is 25.1 Å². The molecule has 0 unspecified atom stereocenters. The number of anilines is 1. The fourth-order valence-corrected chi connectivity index (χ4v) is 1.58. The SMILES string of the molecule is CC(=O)c1ccc(F)c(NCc2cccnc2)c1. The molecule has 2 rings (SSSR count). The number of ketones is 1. The molecule has 3 nitrogen and oxygen atoms in total. The van der Waals surface area contributed by atoms with Gasteiger partial charge in [-0.1, -0.05) is 6.07 Å². The number of carbonyl (C=O) groups is 1. The molecule has 0 aliphatic heterocycles. The van der Waals surface area contributed by atoms with Crippen LogP contribution in [0.15, 0.2) is 42.7 Å². The molecule has 0 aliphatic rings. The van der Waals surface area contributed by atoms with E-state index in [1.54, 1.807) is 12.4 Å². The maximum absolute atomic E-state index is 13.5. The van der Waals surface area contributed by atoms with Gasteiger partial charge in [0, 0.05) is 24.5 Å². The lowest BCUT2D eigenvalue weighted by molar-refractivity contribution is 0.101. The zero-order valence-corrected chi connectivity index (χ0v) is 9.98. The summed E-state index contributed by atoms with van der Waals surface area (Å²) in [5, 5.41) is 2.96. The van der Waals surface area contributed by atoms with Crippen molar-refractivity contribution in [2.24, 2.45) is 0 Å². The van der Waals surface area contributed by atoms with Gasteiger partial charge in [-0.25, -0.2) is 4.39 Å². The lowest BCUT2D eigenvalue weighted by atomic mass is 10.1. The minimum atomic E-state index is -0.371. The normalized spacial score (nSPS) is 10.1. The first kappa shape index (κ1) is 12.2. The van der Waals surface area contributed by atoms with Crippen molar-refractivity contribution < 1.29 is 9.18 Å². The van der Waals surface area contributed by atoms with Crippen molar-refractivity contribution in [3.8, 4) is 0 Å². The number of carbonyl (C=O) groups excluding carboxylic acids is 1. The molecule has 1 heterocycles. The Bertz CT molecular complexity index is 555. The van der Waals surface area contributed by atoms with Crippen LogP contribution in [-0.2, 0) is 6.54 Å². The van der Waals surface area contributed by atoms with E-state index in [0.717, 1.165) is 5.56 Å². The molecule has 92 valence electrons. The molecule has 4 heteroatoms. The second-order valence-electron chi connectivity index (χ2n) is 3.97. The zero-order valence-electron chi connectivity index (χ0n) is 9.98. The van der Waals surface area contributed by atoms with Gasteiger partial charge < -0.3 is 5.32 Å². The van der Waals surface area contributed by atoms with Gasteiger partial charge in [0.15, 0.2) is 5.78 Å². The average molecular weight is 244 g/mol. The summed E-state index contributed by atoms with van der Waals surface area (Å²) in [7, 11) is 0. The Balaban J connectivity index is 2.14. The Morgan fingerprint density at radius 2 is 2.22 bits per heavy atom. The van der Waals surface area contributed by atoms with Crippen LogP contribution in [0, 0.1) is 5.82 Å². The third-order valence-corrected chi connectivity index (χ3v) is 2.58. The van der Waals surface area contributed by atoms with E-state index in [9.17, 15) is 9.18 Å². The number of nitrogens with one attached hydrogen (secondary N) is 1. The Labute approximate surface area is 105 Å². The molecule has 1 aromatic carbocycles. The molecule has 0 saturated carbocycles. The topological polar surface area (TPSA) is 42.0 Å². The molecule has 1 aromatic heterocycles. The number of pyridine rings is 1. The van der Waals surface area contributed by atoms with Crippen LogP contribution in [0.5, 0.6) is 0 Å². The Morgan fingerprint density at radius 1 is 1.39 bits per heavy atom. The molecule has 0 atom stereocenters. The molecule has 18 heavy (non-hydrogen) atoms. The predicted molar refractivity (Wildman–Crippen MR) is 68.0 cm³/mol. The van der Waals surface area contributed by atoms with Crippen molar-refractivity contribution in [2.75, 3.05) is 5.32 Å². The number of halogens is 1. The summed E-state index contributed by atoms with van der Waals surface area (Å²) < 4.78 is 13.5. The fraction of sp³-hybridized carbons (Fsp3) is 0.143. The summed E-state index contributed by atoms with van der Waals surface area (Å²) in [5.41, 5.74) is 1.77. The standard InChI is InChI=1S/C14H13FN2O/c1-10(18)12-4-5-13(15)14(7-12)17-9-11-3-2-6-16-8-11/h2-8,17H,9H2,1H3. The number of nitrogens with zero attached hydrogens (tertiary/aromatic N) is 1. The van der Waals surface area contributed by atoms with Crippen LogP contribution < -0.4 is 5.32 Å². The highest BCUT2D eigenvalue weighted by Crippen LogP contribution is 2.17. The van der Waals surface area contributed by atoms with Crippen molar-refractivity contribution >= 4 is 11.5 Å². The molecule has 0 amide bonds. The van der Waals surface area contributed by atoms with Crippen LogP contribution in [0.25, 0.3) is 0 Å². The fourth-order valence-electron chi connectivity index (χ4n) is 1.58. The molecule has 1 N–H and O–H groups in total. The van der Waals surface area contributed by atoms with Crippen LogP contribution in [0.2, 0.25) is 0 Å². The Hall–Kier alpha value is -2.23. The molecule has 0 aliphatic carbocycles. The van der Waals surface area contributed by atoms with Gasteiger partial charge in [0.05, 0.1) is 5.69 Å². The minimum Gasteiger partial charge on any atom is -0.379 e. The third kappa shape index (κ3) is 2.91. The first-order valence-corrected chi connectivity index (χ1v) is 5.60. The predicted octanol–water partition coefficient (Wildman–Crippen LogP) is 3.04. The molecule has 0 fully saturated rings. The summed E-state index contributed by atoms with van der Waals surface area (Å²) in [5.74, 6) is -0.455. The van der Waals surface area contributed by atoms with Gasteiger partial charge in [0.1, 0.15) is 5.82 Å². The summed E-state index contributed by atoms with van der Waals surface area (Å²) >= 11 is 0. The van der Waals surface area contributed by atoms with Crippen molar-refractivity contribution in [3.63, 3.8) is 0 Å². The van der Waals surface area contributed by atoms with Crippen molar-refractivity contribution in [2.45, 2.75) is 13.5 Å². The molecular weight excluding hydrogens is 231 g/mol. The van der Waals surface area contributed by atoms with Gasteiger partial charge in [-0.3, -0.25) is 9.78 Å². The van der Waals surface area contributed by atoms with E-state index in [1.807, 2.05) is 12.1 Å².